The molecule has 0 amide bonds. The van der Waals surface area contributed by atoms with Gasteiger partial charge in [-0.2, -0.15) is 0 Å². The molecule has 0 atom stereocenters. The van der Waals surface area contributed by atoms with Crippen LogP contribution in [0.4, 0.5) is 0 Å². The van der Waals surface area contributed by atoms with E-state index >= 15 is 0 Å². The number of rotatable bonds is 6. The number of oxime groups is 1. The number of carbonyl (C=O) groups excluding carboxylic acids is 1. The van der Waals surface area contributed by atoms with Crippen LogP contribution in [0, 0.1) is 0 Å². The second-order valence-corrected chi connectivity index (χ2v) is 2.17. The lowest BCUT2D eigenvalue weighted by Crippen LogP contribution is -2.06. The predicted octanol–water partition coefficient (Wildman–Crippen LogP) is 1.35. The van der Waals surface area contributed by atoms with Crippen molar-refractivity contribution in [2.75, 3.05) is 13.2 Å². The van der Waals surface area contributed by atoms with Crippen LogP contribution < -0.4 is 0 Å². The minimum Gasteiger partial charge on any atom is -0.461 e. The van der Waals surface area contributed by atoms with Crippen molar-refractivity contribution in [3.8, 4) is 0 Å². The molecule has 0 fully saturated rings. The Hall–Kier alpha value is -1.06. The monoisotopic (exact) mass is 173 g/mol. The molecular weight excluding hydrogens is 158 g/mol. The summed E-state index contributed by atoms with van der Waals surface area (Å²) in [5.74, 6) is -0.447. The Morgan fingerprint density at radius 3 is 2.83 bits per heavy atom. The van der Waals surface area contributed by atoms with Crippen LogP contribution in [0.5, 0.6) is 0 Å². The molecule has 0 bridgehead atoms. The molecular formula is C8H15NO3. The van der Waals surface area contributed by atoms with E-state index in [2.05, 4.69) is 9.99 Å². The van der Waals surface area contributed by atoms with Crippen LogP contribution in [0.2, 0.25) is 0 Å². The summed E-state index contributed by atoms with van der Waals surface area (Å²) in [4.78, 5) is 15.3. The average molecular weight is 173 g/mol. The van der Waals surface area contributed by atoms with Crippen molar-refractivity contribution in [2.45, 2.75) is 26.7 Å². The number of carbonyl (C=O) groups is 1. The summed E-state index contributed by atoms with van der Waals surface area (Å²) in [6, 6.07) is 0. The van der Waals surface area contributed by atoms with Crippen LogP contribution in [0.3, 0.4) is 0 Å². The van der Waals surface area contributed by atoms with E-state index in [4.69, 9.17) is 4.74 Å². The van der Waals surface area contributed by atoms with Gasteiger partial charge in [0.05, 0.1) is 6.61 Å². The van der Waals surface area contributed by atoms with Crippen molar-refractivity contribution < 1.29 is 14.4 Å². The highest BCUT2D eigenvalue weighted by atomic mass is 16.6. The fraction of sp³-hybridized carbons (Fsp3) is 0.750. The molecule has 0 aliphatic carbocycles. The smallest absolute Gasteiger partial charge is 0.352 e. The first-order valence-electron chi connectivity index (χ1n) is 4.13. The number of unbranched alkanes of at least 4 members (excludes halogenated alkanes) is 1. The lowest BCUT2D eigenvalue weighted by Gasteiger charge is -1.97. The first-order chi connectivity index (χ1) is 5.81. The van der Waals surface area contributed by atoms with Crippen molar-refractivity contribution in [2.24, 2.45) is 5.16 Å². The molecule has 0 aliphatic heterocycles. The first-order valence-corrected chi connectivity index (χ1v) is 4.13. The molecule has 12 heavy (non-hydrogen) atoms. The normalized spacial score (nSPS) is 10.2. The quantitative estimate of drug-likeness (QED) is 0.263. The fourth-order valence-corrected chi connectivity index (χ4v) is 0.509. The molecule has 0 aromatic rings. The maximum Gasteiger partial charge on any atom is 0.352 e. The van der Waals surface area contributed by atoms with E-state index in [1.165, 1.54) is 0 Å². The van der Waals surface area contributed by atoms with Crippen molar-refractivity contribution in [3.63, 3.8) is 0 Å². The van der Waals surface area contributed by atoms with Crippen LogP contribution in [-0.2, 0) is 14.4 Å². The Balaban J connectivity index is 3.33. The largest absolute Gasteiger partial charge is 0.461 e. The van der Waals surface area contributed by atoms with E-state index < -0.39 is 5.97 Å². The van der Waals surface area contributed by atoms with Gasteiger partial charge in [-0.3, -0.25) is 0 Å². The van der Waals surface area contributed by atoms with Gasteiger partial charge in [0.2, 0.25) is 0 Å². The van der Waals surface area contributed by atoms with Crippen molar-refractivity contribution in [3.05, 3.63) is 0 Å². The lowest BCUT2D eigenvalue weighted by atomic mass is 10.4. The summed E-state index contributed by atoms with van der Waals surface area (Å²) in [5, 5.41) is 3.37. The van der Waals surface area contributed by atoms with E-state index in [1.54, 1.807) is 6.92 Å². The van der Waals surface area contributed by atoms with Gasteiger partial charge in [0.15, 0.2) is 6.21 Å². The Morgan fingerprint density at radius 1 is 1.50 bits per heavy atom. The van der Waals surface area contributed by atoms with Gasteiger partial charge in [0.1, 0.15) is 6.61 Å². The second-order valence-electron chi connectivity index (χ2n) is 2.17. The van der Waals surface area contributed by atoms with Gasteiger partial charge in [-0.05, 0) is 13.3 Å². The molecule has 0 radical (unpaired) electrons. The number of hydrogen-bond acceptors (Lipinski definition) is 4. The molecule has 4 nitrogen and oxygen atoms in total. The third kappa shape index (κ3) is 7.05. The van der Waals surface area contributed by atoms with Crippen LogP contribution >= 0.6 is 0 Å². The third-order valence-corrected chi connectivity index (χ3v) is 1.10. The summed E-state index contributed by atoms with van der Waals surface area (Å²) in [7, 11) is 0. The molecule has 0 spiro atoms. The van der Waals surface area contributed by atoms with E-state index in [1.807, 2.05) is 6.92 Å². The molecule has 0 aromatic carbocycles. The second kappa shape index (κ2) is 8.04. The van der Waals surface area contributed by atoms with Crippen LogP contribution in [0.1, 0.15) is 26.7 Å². The Labute approximate surface area is 72.5 Å². The Bertz CT molecular complexity index is 145. The van der Waals surface area contributed by atoms with E-state index in [0.29, 0.717) is 13.2 Å². The zero-order valence-electron chi connectivity index (χ0n) is 7.58. The van der Waals surface area contributed by atoms with E-state index in [0.717, 1.165) is 19.1 Å². The summed E-state index contributed by atoms with van der Waals surface area (Å²) in [6.45, 7) is 4.73. The molecule has 4 heteroatoms. The molecule has 70 valence electrons. The zero-order valence-corrected chi connectivity index (χ0v) is 7.58. The minimum atomic E-state index is -0.447. The molecule has 0 aliphatic rings. The van der Waals surface area contributed by atoms with Crippen molar-refractivity contribution in [1.29, 1.82) is 0 Å². The molecule has 0 aromatic heterocycles. The predicted molar refractivity (Wildman–Crippen MR) is 46.0 cm³/mol. The zero-order chi connectivity index (χ0) is 9.23. The molecule has 0 unspecified atom stereocenters. The van der Waals surface area contributed by atoms with Crippen LogP contribution in [-0.4, -0.2) is 25.4 Å². The standard InChI is InChI=1S/C8H15NO3/c1-3-5-6-11-8(10)7-9-12-4-2/h7H,3-6H2,1-2H3. The molecule has 0 N–H and O–H groups in total. The number of nitrogens with zero attached hydrogens (tertiary/aromatic N) is 1. The van der Waals surface area contributed by atoms with Gasteiger partial charge in [-0.25, -0.2) is 4.79 Å². The average Bonchev–Trinajstić information content (AvgIpc) is 2.06. The minimum absolute atomic E-state index is 0.447. The van der Waals surface area contributed by atoms with Crippen molar-refractivity contribution >= 4 is 12.2 Å². The SMILES string of the molecule is CCCCOC(=O)C=NOCC. The van der Waals surface area contributed by atoms with E-state index in [9.17, 15) is 4.79 Å². The topological polar surface area (TPSA) is 47.9 Å². The molecule has 0 saturated heterocycles. The van der Waals surface area contributed by atoms with Gasteiger partial charge < -0.3 is 9.57 Å². The van der Waals surface area contributed by atoms with Gasteiger partial charge in [0, 0.05) is 0 Å². The summed E-state index contributed by atoms with van der Waals surface area (Å²) in [5.41, 5.74) is 0. The van der Waals surface area contributed by atoms with Gasteiger partial charge in [-0.1, -0.05) is 18.5 Å². The molecule has 0 rings (SSSR count). The first kappa shape index (κ1) is 10.9. The summed E-state index contributed by atoms with van der Waals surface area (Å²) in [6.07, 6.45) is 2.93. The fourth-order valence-electron chi connectivity index (χ4n) is 0.509. The summed E-state index contributed by atoms with van der Waals surface area (Å²) < 4.78 is 4.76. The molecule has 0 heterocycles. The highest BCUT2D eigenvalue weighted by Crippen LogP contribution is 1.87. The van der Waals surface area contributed by atoms with Crippen LogP contribution in [0.15, 0.2) is 5.16 Å². The Morgan fingerprint density at radius 2 is 2.25 bits per heavy atom. The lowest BCUT2D eigenvalue weighted by molar-refractivity contribution is -0.135. The summed E-state index contributed by atoms with van der Waals surface area (Å²) >= 11 is 0. The van der Waals surface area contributed by atoms with Crippen molar-refractivity contribution in [1.82, 2.24) is 0 Å². The molecule has 0 saturated carbocycles. The maximum atomic E-state index is 10.7. The van der Waals surface area contributed by atoms with Gasteiger partial charge in [0.25, 0.3) is 0 Å². The van der Waals surface area contributed by atoms with Gasteiger partial charge >= 0.3 is 5.97 Å². The van der Waals surface area contributed by atoms with E-state index in [-0.39, 0.29) is 0 Å². The number of ether oxygens (including phenoxy) is 1. The highest BCUT2D eigenvalue weighted by Gasteiger charge is 1.95. The number of esters is 1. The van der Waals surface area contributed by atoms with Gasteiger partial charge in [-0.15, -0.1) is 0 Å². The van der Waals surface area contributed by atoms with Crippen LogP contribution in [0.25, 0.3) is 0 Å². The third-order valence-electron chi connectivity index (χ3n) is 1.10. The number of hydrogen-bond donors (Lipinski definition) is 0. The highest BCUT2D eigenvalue weighted by molar-refractivity contribution is 6.22. The Kier molecular flexibility index (Phi) is 7.33. The maximum absolute atomic E-state index is 10.7.